The summed E-state index contributed by atoms with van der Waals surface area (Å²) in [6.45, 7) is 4.57. The molecule has 0 aliphatic heterocycles. The van der Waals surface area contributed by atoms with Crippen molar-refractivity contribution in [2.24, 2.45) is 5.73 Å². The summed E-state index contributed by atoms with van der Waals surface area (Å²) in [5.74, 6) is 0.636. The second kappa shape index (κ2) is 8.11. The number of ether oxygens (including phenoxy) is 3. The standard InChI is InChI=1S/C14H20BrNO4/c1-4-19-12-8-10(5-6-16)7-11(15)13(12)20-9(2)14(17)18-3/h7-9H,4-6,16H2,1-3H3. The van der Waals surface area contributed by atoms with Crippen molar-refractivity contribution in [3.8, 4) is 11.5 Å². The number of hydrogen-bond donors (Lipinski definition) is 1. The smallest absolute Gasteiger partial charge is 0.346 e. The van der Waals surface area contributed by atoms with E-state index in [0.717, 1.165) is 16.5 Å². The number of esters is 1. The zero-order chi connectivity index (χ0) is 15.1. The molecule has 0 radical (unpaired) electrons. The molecule has 0 aliphatic carbocycles. The second-order valence-corrected chi connectivity index (χ2v) is 5.01. The van der Waals surface area contributed by atoms with Crippen molar-refractivity contribution in [3.63, 3.8) is 0 Å². The van der Waals surface area contributed by atoms with Crippen LogP contribution in [0.3, 0.4) is 0 Å². The first-order valence-corrected chi connectivity index (χ1v) is 7.22. The van der Waals surface area contributed by atoms with Crippen LogP contribution in [0.15, 0.2) is 16.6 Å². The van der Waals surface area contributed by atoms with E-state index < -0.39 is 12.1 Å². The van der Waals surface area contributed by atoms with Gasteiger partial charge in [-0.25, -0.2) is 4.79 Å². The maximum atomic E-state index is 11.4. The van der Waals surface area contributed by atoms with E-state index in [2.05, 4.69) is 20.7 Å². The second-order valence-electron chi connectivity index (χ2n) is 4.16. The van der Waals surface area contributed by atoms with Crippen LogP contribution < -0.4 is 15.2 Å². The molecule has 1 aromatic carbocycles. The van der Waals surface area contributed by atoms with Crippen molar-refractivity contribution in [3.05, 3.63) is 22.2 Å². The van der Waals surface area contributed by atoms with Crippen LogP contribution in [0, 0.1) is 0 Å². The molecule has 0 spiro atoms. The van der Waals surface area contributed by atoms with E-state index in [0.29, 0.717) is 24.7 Å². The Kier molecular flexibility index (Phi) is 6.81. The normalized spacial score (nSPS) is 11.8. The third-order valence-corrected chi connectivity index (χ3v) is 3.22. The van der Waals surface area contributed by atoms with Gasteiger partial charge < -0.3 is 19.9 Å². The molecule has 0 amide bonds. The highest BCUT2D eigenvalue weighted by Gasteiger charge is 2.20. The molecule has 0 aliphatic rings. The van der Waals surface area contributed by atoms with Crippen LogP contribution in [0.5, 0.6) is 11.5 Å². The highest BCUT2D eigenvalue weighted by Crippen LogP contribution is 2.37. The maximum absolute atomic E-state index is 11.4. The Bertz CT molecular complexity index is 465. The average molecular weight is 346 g/mol. The van der Waals surface area contributed by atoms with Crippen molar-refractivity contribution in [2.45, 2.75) is 26.4 Å². The monoisotopic (exact) mass is 345 g/mol. The summed E-state index contributed by atoms with van der Waals surface area (Å²) in [6.07, 6.45) is 0.0294. The molecule has 20 heavy (non-hydrogen) atoms. The highest BCUT2D eigenvalue weighted by molar-refractivity contribution is 9.10. The first-order chi connectivity index (χ1) is 9.53. The summed E-state index contributed by atoms with van der Waals surface area (Å²) in [4.78, 5) is 11.4. The van der Waals surface area contributed by atoms with Gasteiger partial charge in [-0.05, 0) is 60.4 Å². The lowest BCUT2D eigenvalue weighted by Crippen LogP contribution is -2.25. The Hall–Kier alpha value is -1.27. The van der Waals surface area contributed by atoms with E-state index in [9.17, 15) is 4.79 Å². The Labute approximate surface area is 127 Å². The predicted octanol–water partition coefficient (Wildman–Crippen LogP) is 2.29. The zero-order valence-electron chi connectivity index (χ0n) is 11.9. The van der Waals surface area contributed by atoms with E-state index in [1.54, 1.807) is 6.92 Å². The fourth-order valence-electron chi connectivity index (χ4n) is 1.70. The van der Waals surface area contributed by atoms with Gasteiger partial charge in [-0.3, -0.25) is 0 Å². The van der Waals surface area contributed by atoms with Gasteiger partial charge in [0.2, 0.25) is 0 Å². The lowest BCUT2D eigenvalue weighted by atomic mass is 10.1. The van der Waals surface area contributed by atoms with E-state index in [4.69, 9.17) is 15.2 Å². The molecule has 0 bridgehead atoms. The molecular weight excluding hydrogens is 326 g/mol. The Balaban J connectivity index is 3.06. The maximum Gasteiger partial charge on any atom is 0.346 e. The molecule has 5 nitrogen and oxygen atoms in total. The largest absolute Gasteiger partial charge is 0.490 e. The minimum absolute atomic E-state index is 0.439. The molecule has 1 atom stereocenters. The molecule has 0 saturated heterocycles. The van der Waals surface area contributed by atoms with Crippen LogP contribution in [0.1, 0.15) is 19.4 Å². The van der Waals surface area contributed by atoms with Crippen molar-refractivity contribution >= 4 is 21.9 Å². The quantitative estimate of drug-likeness (QED) is 0.767. The molecule has 1 aromatic rings. The molecule has 1 unspecified atom stereocenters. The van der Waals surface area contributed by atoms with Crippen molar-refractivity contribution in [1.82, 2.24) is 0 Å². The Morgan fingerprint density at radius 1 is 1.45 bits per heavy atom. The Morgan fingerprint density at radius 2 is 2.15 bits per heavy atom. The van der Waals surface area contributed by atoms with E-state index in [1.807, 2.05) is 19.1 Å². The summed E-state index contributed by atoms with van der Waals surface area (Å²) < 4.78 is 16.6. The summed E-state index contributed by atoms with van der Waals surface area (Å²) in [5, 5.41) is 0. The number of benzene rings is 1. The molecular formula is C14H20BrNO4. The van der Waals surface area contributed by atoms with Crippen LogP contribution in [0.25, 0.3) is 0 Å². The minimum Gasteiger partial charge on any atom is -0.490 e. The number of carbonyl (C=O) groups excluding carboxylic acids is 1. The number of hydrogen-bond acceptors (Lipinski definition) is 5. The molecule has 1 rings (SSSR count). The molecule has 6 heteroatoms. The summed E-state index contributed by atoms with van der Waals surface area (Å²) >= 11 is 3.44. The van der Waals surface area contributed by atoms with Gasteiger partial charge in [-0.1, -0.05) is 0 Å². The third kappa shape index (κ3) is 4.38. The number of nitrogens with two attached hydrogens (primary N) is 1. The molecule has 0 aromatic heterocycles. The topological polar surface area (TPSA) is 70.8 Å². The van der Waals surface area contributed by atoms with Gasteiger partial charge in [0.15, 0.2) is 17.6 Å². The fraction of sp³-hybridized carbons (Fsp3) is 0.500. The number of halogens is 1. The van der Waals surface area contributed by atoms with Gasteiger partial charge in [0.25, 0.3) is 0 Å². The first kappa shape index (κ1) is 16.8. The van der Waals surface area contributed by atoms with E-state index in [1.165, 1.54) is 7.11 Å². The van der Waals surface area contributed by atoms with Crippen LogP contribution in [-0.2, 0) is 16.0 Å². The molecule has 112 valence electrons. The van der Waals surface area contributed by atoms with Crippen molar-refractivity contribution < 1.29 is 19.0 Å². The molecule has 0 heterocycles. The van der Waals surface area contributed by atoms with Gasteiger partial charge in [0, 0.05) is 0 Å². The average Bonchev–Trinajstić information content (AvgIpc) is 2.42. The Morgan fingerprint density at radius 3 is 2.70 bits per heavy atom. The fourth-order valence-corrected chi connectivity index (χ4v) is 2.28. The summed E-state index contributed by atoms with van der Waals surface area (Å²) in [6, 6.07) is 3.79. The number of rotatable bonds is 7. The van der Waals surface area contributed by atoms with E-state index >= 15 is 0 Å². The molecule has 0 saturated carbocycles. The SMILES string of the molecule is CCOc1cc(CCN)cc(Br)c1OC(C)C(=O)OC. The minimum atomic E-state index is -0.712. The first-order valence-electron chi connectivity index (χ1n) is 6.43. The van der Waals surface area contributed by atoms with Gasteiger partial charge >= 0.3 is 5.97 Å². The van der Waals surface area contributed by atoms with E-state index in [-0.39, 0.29) is 0 Å². The third-order valence-electron chi connectivity index (χ3n) is 2.63. The lowest BCUT2D eigenvalue weighted by Gasteiger charge is -2.18. The van der Waals surface area contributed by atoms with Gasteiger partial charge in [0.1, 0.15) is 0 Å². The van der Waals surface area contributed by atoms with Crippen molar-refractivity contribution in [1.29, 1.82) is 0 Å². The lowest BCUT2D eigenvalue weighted by molar-refractivity contribution is -0.147. The van der Waals surface area contributed by atoms with Gasteiger partial charge in [0.05, 0.1) is 18.2 Å². The zero-order valence-corrected chi connectivity index (χ0v) is 13.5. The van der Waals surface area contributed by atoms with Crippen LogP contribution >= 0.6 is 15.9 Å². The number of carbonyl (C=O) groups is 1. The summed E-state index contributed by atoms with van der Waals surface area (Å²) in [7, 11) is 1.32. The highest BCUT2D eigenvalue weighted by atomic mass is 79.9. The number of methoxy groups -OCH3 is 1. The van der Waals surface area contributed by atoms with Crippen LogP contribution in [0.2, 0.25) is 0 Å². The predicted molar refractivity (Wildman–Crippen MR) is 80.2 cm³/mol. The molecule has 2 N–H and O–H groups in total. The van der Waals surface area contributed by atoms with Gasteiger partial charge in [-0.2, -0.15) is 0 Å². The van der Waals surface area contributed by atoms with Gasteiger partial charge in [-0.15, -0.1) is 0 Å². The van der Waals surface area contributed by atoms with Crippen molar-refractivity contribution in [2.75, 3.05) is 20.3 Å². The molecule has 0 fully saturated rings. The van der Waals surface area contributed by atoms with Crippen LogP contribution in [0.4, 0.5) is 0 Å². The summed E-state index contributed by atoms with van der Waals surface area (Å²) in [5.41, 5.74) is 6.61. The van der Waals surface area contributed by atoms with Crippen LogP contribution in [-0.4, -0.2) is 32.3 Å².